The second-order valence-corrected chi connectivity index (χ2v) is 3.44. The monoisotopic (exact) mass is 219 g/mol. The summed E-state index contributed by atoms with van der Waals surface area (Å²) < 4.78 is 31.7. The van der Waals surface area contributed by atoms with Crippen molar-refractivity contribution in [1.82, 2.24) is 0 Å². The fraction of sp³-hybridized carbons (Fsp3) is 0.143. The van der Waals surface area contributed by atoms with E-state index in [1.54, 1.807) is 0 Å². The Morgan fingerprint density at radius 1 is 1.57 bits per heavy atom. The first-order valence-electron chi connectivity index (χ1n) is 3.51. The van der Waals surface area contributed by atoms with Crippen LogP contribution in [0.3, 0.4) is 0 Å². The van der Waals surface area contributed by atoms with Gasteiger partial charge in [0.2, 0.25) is 5.82 Å². The zero-order valence-corrected chi connectivity index (χ0v) is 7.66. The molecule has 0 amide bonds. The smallest absolute Gasteiger partial charge is 0.305 e. The summed E-state index contributed by atoms with van der Waals surface area (Å²) in [6.45, 7) is 0. The maximum Gasteiger partial charge on any atom is 0.305 e. The standard InChI is InChI=1S/C7H6FNO4S/c8-6-2-1-5(4-14(12)13)3-7(6)9(10)11/h1-3H,4H2,(H,12,13). The van der Waals surface area contributed by atoms with Crippen LogP contribution in [0.5, 0.6) is 0 Å². The van der Waals surface area contributed by atoms with E-state index < -0.39 is 27.5 Å². The van der Waals surface area contributed by atoms with E-state index in [0.717, 1.165) is 12.1 Å². The van der Waals surface area contributed by atoms with Gasteiger partial charge in [-0.1, -0.05) is 6.07 Å². The quantitative estimate of drug-likeness (QED) is 0.474. The van der Waals surface area contributed by atoms with Crippen LogP contribution in [0.15, 0.2) is 18.2 Å². The van der Waals surface area contributed by atoms with E-state index in [1.165, 1.54) is 6.07 Å². The highest BCUT2D eigenvalue weighted by atomic mass is 32.2. The van der Waals surface area contributed by atoms with Gasteiger partial charge < -0.3 is 4.55 Å². The van der Waals surface area contributed by atoms with Crippen molar-refractivity contribution >= 4 is 16.8 Å². The number of rotatable bonds is 3. The van der Waals surface area contributed by atoms with Crippen molar-refractivity contribution in [3.05, 3.63) is 39.7 Å². The normalized spacial score (nSPS) is 12.4. The summed E-state index contributed by atoms with van der Waals surface area (Å²) >= 11 is -2.09. The van der Waals surface area contributed by atoms with Crippen molar-refractivity contribution in [2.45, 2.75) is 5.75 Å². The van der Waals surface area contributed by atoms with Crippen LogP contribution in [0.2, 0.25) is 0 Å². The van der Waals surface area contributed by atoms with Gasteiger partial charge in [-0.2, -0.15) is 4.39 Å². The van der Waals surface area contributed by atoms with Crippen LogP contribution in [0.25, 0.3) is 0 Å². The van der Waals surface area contributed by atoms with E-state index >= 15 is 0 Å². The van der Waals surface area contributed by atoms with Crippen LogP contribution in [-0.4, -0.2) is 13.7 Å². The molecule has 76 valence electrons. The number of hydrogen-bond donors (Lipinski definition) is 1. The molecule has 1 atom stereocenters. The Kier molecular flexibility index (Phi) is 3.26. The molecule has 1 rings (SSSR count). The summed E-state index contributed by atoms with van der Waals surface area (Å²) in [6, 6.07) is 3.08. The van der Waals surface area contributed by atoms with Crippen molar-refractivity contribution in [2.75, 3.05) is 0 Å². The molecule has 0 spiro atoms. The summed E-state index contributed by atoms with van der Waals surface area (Å²) in [6.07, 6.45) is 0. The topological polar surface area (TPSA) is 80.4 Å². The first kappa shape index (κ1) is 10.7. The van der Waals surface area contributed by atoms with Gasteiger partial charge in [-0.05, 0) is 11.6 Å². The van der Waals surface area contributed by atoms with Crippen molar-refractivity contribution in [1.29, 1.82) is 0 Å². The predicted molar refractivity (Wildman–Crippen MR) is 47.5 cm³/mol. The van der Waals surface area contributed by atoms with E-state index in [2.05, 4.69) is 0 Å². The van der Waals surface area contributed by atoms with Crippen LogP contribution >= 0.6 is 0 Å². The number of hydrogen-bond acceptors (Lipinski definition) is 3. The van der Waals surface area contributed by atoms with E-state index in [4.69, 9.17) is 4.55 Å². The SMILES string of the molecule is O=[N+]([O-])c1cc(CS(=O)O)ccc1F. The zero-order chi connectivity index (χ0) is 10.7. The average Bonchev–Trinajstić information content (AvgIpc) is 2.07. The van der Waals surface area contributed by atoms with Gasteiger partial charge in [0.25, 0.3) is 0 Å². The van der Waals surface area contributed by atoms with Crippen LogP contribution in [-0.2, 0) is 16.8 Å². The van der Waals surface area contributed by atoms with Crippen LogP contribution in [0.1, 0.15) is 5.56 Å². The Morgan fingerprint density at radius 3 is 2.71 bits per heavy atom. The molecule has 0 radical (unpaired) electrons. The summed E-state index contributed by atoms with van der Waals surface area (Å²) in [4.78, 5) is 9.41. The van der Waals surface area contributed by atoms with Gasteiger partial charge in [-0.25, -0.2) is 4.21 Å². The Morgan fingerprint density at radius 2 is 2.21 bits per heavy atom. The first-order valence-corrected chi connectivity index (χ1v) is 4.78. The Labute approximate surface area is 81.0 Å². The van der Waals surface area contributed by atoms with Crippen LogP contribution in [0, 0.1) is 15.9 Å². The minimum atomic E-state index is -2.09. The van der Waals surface area contributed by atoms with Crippen LogP contribution < -0.4 is 0 Å². The molecule has 1 aromatic carbocycles. The number of nitrogens with zero attached hydrogens (tertiary/aromatic N) is 1. The Bertz CT molecular complexity index is 395. The number of benzene rings is 1. The summed E-state index contributed by atoms with van der Waals surface area (Å²) in [7, 11) is 0. The molecule has 0 aromatic heterocycles. The van der Waals surface area contributed by atoms with Gasteiger partial charge in [-0.15, -0.1) is 0 Å². The average molecular weight is 219 g/mol. The predicted octanol–water partition coefficient (Wildman–Crippen LogP) is 1.46. The molecular formula is C7H6FNO4S. The van der Waals surface area contributed by atoms with Crippen molar-refractivity contribution < 1.29 is 18.1 Å². The molecular weight excluding hydrogens is 213 g/mol. The highest BCUT2D eigenvalue weighted by Crippen LogP contribution is 2.18. The van der Waals surface area contributed by atoms with Crippen molar-refractivity contribution in [2.24, 2.45) is 0 Å². The maximum atomic E-state index is 12.8. The van der Waals surface area contributed by atoms with Gasteiger partial charge in [0.1, 0.15) is 0 Å². The summed E-state index contributed by atoms with van der Waals surface area (Å²) in [5.74, 6) is -1.20. The van der Waals surface area contributed by atoms with Crippen molar-refractivity contribution in [3.63, 3.8) is 0 Å². The molecule has 0 aliphatic rings. The van der Waals surface area contributed by atoms with E-state index in [9.17, 15) is 18.7 Å². The lowest BCUT2D eigenvalue weighted by Crippen LogP contribution is -1.97. The van der Waals surface area contributed by atoms with Gasteiger partial charge in [-0.3, -0.25) is 10.1 Å². The van der Waals surface area contributed by atoms with E-state index in [-0.39, 0.29) is 11.3 Å². The highest BCUT2D eigenvalue weighted by Gasteiger charge is 2.14. The number of nitro groups is 1. The largest absolute Gasteiger partial charge is 0.306 e. The first-order chi connectivity index (χ1) is 6.50. The third kappa shape index (κ3) is 2.57. The molecule has 1 N–H and O–H groups in total. The van der Waals surface area contributed by atoms with Crippen LogP contribution in [0.4, 0.5) is 10.1 Å². The van der Waals surface area contributed by atoms with Crippen molar-refractivity contribution in [3.8, 4) is 0 Å². The lowest BCUT2D eigenvalue weighted by molar-refractivity contribution is -0.387. The summed E-state index contributed by atoms with van der Waals surface area (Å²) in [5, 5.41) is 10.3. The fourth-order valence-electron chi connectivity index (χ4n) is 0.931. The molecule has 14 heavy (non-hydrogen) atoms. The molecule has 0 aliphatic carbocycles. The van der Waals surface area contributed by atoms with Gasteiger partial charge >= 0.3 is 5.69 Å². The molecule has 0 saturated carbocycles. The second kappa shape index (κ2) is 4.25. The molecule has 0 fully saturated rings. The molecule has 0 bridgehead atoms. The molecule has 5 nitrogen and oxygen atoms in total. The maximum absolute atomic E-state index is 12.8. The summed E-state index contributed by atoms with van der Waals surface area (Å²) in [5.41, 5.74) is -0.438. The molecule has 0 saturated heterocycles. The van der Waals surface area contributed by atoms with Gasteiger partial charge in [0, 0.05) is 6.07 Å². The Hall–Kier alpha value is -1.34. The molecule has 1 unspecified atom stereocenters. The van der Waals surface area contributed by atoms with Gasteiger partial charge in [0.15, 0.2) is 11.1 Å². The van der Waals surface area contributed by atoms with E-state index in [0.29, 0.717) is 0 Å². The molecule has 0 aliphatic heterocycles. The number of halogens is 1. The minimum Gasteiger partial charge on any atom is -0.306 e. The lowest BCUT2D eigenvalue weighted by Gasteiger charge is -1.98. The van der Waals surface area contributed by atoms with E-state index in [1.807, 2.05) is 0 Å². The highest BCUT2D eigenvalue weighted by molar-refractivity contribution is 7.78. The minimum absolute atomic E-state index is 0.249. The third-order valence-corrected chi connectivity index (χ3v) is 2.08. The lowest BCUT2D eigenvalue weighted by atomic mass is 10.2. The molecule has 0 heterocycles. The Balaban J connectivity index is 3.06. The molecule has 7 heteroatoms. The third-order valence-electron chi connectivity index (χ3n) is 1.50. The second-order valence-electron chi connectivity index (χ2n) is 2.51. The number of nitro benzene ring substituents is 1. The zero-order valence-electron chi connectivity index (χ0n) is 6.84. The van der Waals surface area contributed by atoms with Gasteiger partial charge in [0.05, 0.1) is 10.7 Å². The molecule has 1 aromatic rings. The fourth-order valence-corrected chi connectivity index (χ4v) is 1.40.